The SMILES string of the molecule is O=CCc1ccc(OP(O)O)cc1. The first-order valence-corrected chi connectivity index (χ1v) is 4.77. The van der Waals surface area contributed by atoms with E-state index in [0.29, 0.717) is 12.2 Å². The van der Waals surface area contributed by atoms with Gasteiger partial charge in [-0.05, 0) is 17.7 Å². The Labute approximate surface area is 76.8 Å². The van der Waals surface area contributed by atoms with Gasteiger partial charge >= 0.3 is 8.60 Å². The molecule has 0 saturated carbocycles. The van der Waals surface area contributed by atoms with Crippen LogP contribution in [0.15, 0.2) is 24.3 Å². The molecular weight excluding hydrogens is 191 g/mol. The lowest BCUT2D eigenvalue weighted by atomic mass is 10.2. The number of carbonyl (C=O) groups is 1. The Bertz CT molecular complexity index is 270. The fourth-order valence-electron chi connectivity index (χ4n) is 0.877. The molecule has 2 N–H and O–H groups in total. The van der Waals surface area contributed by atoms with Crippen LogP contribution in [-0.2, 0) is 11.2 Å². The molecule has 0 fully saturated rings. The van der Waals surface area contributed by atoms with E-state index in [-0.39, 0.29) is 0 Å². The molecular formula is C8H9O4P. The lowest BCUT2D eigenvalue weighted by Gasteiger charge is -2.04. The molecule has 0 bridgehead atoms. The fourth-order valence-corrected chi connectivity index (χ4v) is 1.19. The third kappa shape index (κ3) is 3.51. The standard InChI is InChI=1S/C8H9O4P/c9-6-5-7-1-3-8(4-2-7)12-13(10)11/h1-4,6,10-11H,5H2. The van der Waals surface area contributed by atoms with Crippen molar-refractivity contribution in [2.45, 2.75) is 6.42 Å². The molecule has 0 spiro atoms. The third-order valence-electron chi connectivity index (χ3n) is 1.43. The van der Waals surface area contributed by atoms with Crippen LogP contribution >= 0.6 is 8.60 Å². The minimum atomic E-state index is -2.36. The largest absolute Gasteiger partial charge is 0.427 e. The van der Waals surface area contributed by atoms with Crippen LogP contribution in [0.1, 0.15) is 5.56 Å². The molecule has 0 amide bonds. The Kier molecular flexibility index (Phi) is 3.83. The van der Waals surface area contributed by atoms with Gasteiger partial charge in [-0.3, -0.25) is 0 Å². The van der Waals surface area contributed by atoms with E-state index in [4.69, 9.17) is 9.79 Å². The van der Waals surface area contributed by atoms with Crippen molar-refractivity contribution in [1.82, 2.24) is 0 Å². The van der Waals surface area contributed by atoms with E-state index < -0.39 is 8.60 Å². The maximum Gasteiger partial charge on any atom is 0.391 e. The van der Waals surface area contributed by atoms with Crippen LogP contribution in [0.25, 0.3) is 0 Å². The molecule has 1 aromatic carbocycles. The summed E-state index contributed by atoms with van der Waals surface area (Å²) in [6.07, 6.45) is 1.16. The number of hydrogen-bond acceptors (Lipinski definition) is 4. The molecule has 0 atom stereocenters. The molecule has 5 heteroatoms. The van der Waals surface area contributed by atoms with Gasteiger partial charge in [-0.15, -0.1) is 0 Å². The quantitative estimate of drug-likeness (QED) is 0.562. The monoisotopic (exact) mass is 200 g/mol. The van der Waals surface area contributed by atoms with Gasteiger partial charge in [0.05, 0.1) is 0 Å². The van der Waals surface area contributed by atoms with Crippen molar-refractivity contribution in [2.24, 2.45) is 0 Å². The second-order valence-corrected chi connectivity index (χ2v) is 3.05. The maximum atomic E-state index is 10.1. The summed E-state index contributed by atoms with van der Waals surface area (Å²) in [4.78, 5) is 27.2. The molecule has 0 aliphatic heterocycles. The van der Waals surface area contributed by atoms with Crippen molar-refractivity contribution in [3.63, 3.8) is 0 Å². The smallest absolute Gasteiger partial charge is 0.391 e. The number of hydrogen-bond donors (Lipinski definition) is 2. The second-order valence-electron chi connectivity index (χ2n) is 2.36. The zero-order valence-electron chi connectivity index (χ0n) is 6.75. The second kappa shape index (κ2) is 4.92. The van der Waals surface area contributed by atoms with Gasteiger partial charge in [0.2, 0.25) is 0 Å². The van der Waals surface area contributed by atoms with Crippen molar-refractivity contribution < 1.29 is 19.1 Å². The summed E-state index contributed by atoms with van der Waals surface area (Å²) in [5.74, 6) is 0.380. The summed E-state index contributed by atoms with van der Waals surface area (Å²) in [7, 11) is -2.36. The Morgan fingerprint density at radius 1 is 1.31 bits per heavy atom. The topological polar surface area (TPSA) is 66.8 Å². The Morgan fingerprint density at radius 2 is 1.92 bits per heavy atom. The summed E-state index contributed by atoms with van der Waals surface area (Å²) in [6.45, 7) is 0. The van der Waals surface area contributed by atoms with Crippen LogP contribution in [0.2, 0.25) is 0 Å². The molecule has 0 aromatic heterocycles. The molecule has 4 nitrogen and oxygen atoms in total. The highest BCUT2D eigenvalue weighted by atomic mass is 31.2. The predicted octanol–water partition coefficient (Wildman–Crippen LogP) is 1.02. The van der Waals surface area contributed by atoms with Crippen molar-refractivity contribution in [3.05, 3.63) is 29.8 Å². The number of benzene rings is 1. The Morgan fingerprint density at radius 3 is 2.38 bits per heavy atom. The van der Waals surface area contributed by atoms with Gasteiger partial charge < -0.3 is 19.1 Å². The minimum absolute atomic E-state index is 0.354. The molecule has 0 saturated heterocycles. The average Bonchev–Trinajstić information content (AvgIpc) is 2.08. The summed E-state index contributed by atoms with van der Waals surface area (Å²) in [5.41, 5.74) is 0.863. The average molecular weight is 200 g/mol. The first kappa shape index (κ1) is 10.1. The van der Waals surface area contributed by atoms with Gasteiger partial charge in [0, 0.05) is 6.42 Å². The summed E-state index contributed by atoms with van der Waals surface area (Å²) >= 11 is 0. The van der Waals surface area contributed by atoms with Crippen molar-refractivity contribution in [3.8, 4) is 5.75 Å². The Balaban J connectivity index is 2.63. The number of carbonyl (C=O) groups excluding carboxylic acids is 1. The predicted molar refractivity (Wildman–Crippen MR) is 48.2 cm³/mol. The fraction of sp³-hybridized carbons (Fsp3) is 0.125. The molecule has 0 aliphatic carbocycles. The van der Waals surface area contributed by atoms with Crippen LogP contribution in [-0.4, -0.2) is 16.1 Å². The van der Waals surface area contributed by atoms with E-state index in [1.807, 2.05) is 0 Å². The maximum absolute atomic E-state index is 10.1. The lowest BCUT2D eigenvalue weighted by Crippen LogP contribution is -1.87. The van der Waals surface area contributed by atoms with E-state index in [1.54, 1.807) is 24.3 Å². The zero-order valence-corrected chi connectivity index (χ0v) is 7.65. The highest BCUT2D eigenvalue weighted by Gasteiger charge is 2.01. The summed E-state index contributed by atoms with van der Waals surface area (Å²) in [6, 6.07) is 6.56. The third-order valence-corrected chi connectivity index (χ3v) is 1.80. The van der Waals surface area contributed by atoms with Crippen LogP contribution < -0.4 is 4.52 Å². The number of rotatable bonds is 4. The zero-order chi connectivity index (χ0) is 9.68. The highest BCUT2D eigenvalue weighted by Crippen LogP contribution is 2.28. The molecule has 0 radical (unpaired) electrons. The summed E-state index contributed by atoms with van der Waals surface area (Å²) < 4.78 is 4.63. The van der Waals surface area contributed by atoms with E-state index in [0.717, 1.165) is 11.8 Å². The lowest BCUT2D eigenvalue weighted by molar-refractivity contribution is -0.107. The molecule has 0 aliphatic rings. The van der Waals surface area contributed by atoms with Gasteiger partial charge in [-0.1, -0.05) is 12.1 Å². The molecule has 0 heterocycles. The Hall–Kier alpha value is -0.960. The van der Waals surface area contributed by atoms with Gasteiger partial charge in [-0.25, -0.2) is 0 Å². The van der Waals surface area contributed by atoms with Gasteiger partial charge in [0.1, 0.15) is 12.0 Å². The highest BCUT2D eigenvalue weighted by molar-refractivity contribution is 7.39. The normalized spacial score (nSPS) is 10.1. The molecule has 0 unspecified atom stereocenters. The number of aldehydes is 1. The molecule has 13 heavy (non-hydrogen) atoms. The minimum Gasteiger partial charge on any atom is -0.427 e. The van der Waals surface area contributed by atoms with Crippen molar-refractivity contribution in [2.75, 3.05) is 0 Å². The van der Waals surface area contributed by atoms with Crippen LogP contribution in [0, 0.1) is 0 Å². The van der Waals surface area contributed by atoms with E-state index in [9.17, 15) is 4.79 Å². The van der Waals surface area contributed by atoms with E-state index in [1.165, 1.54) is 0 Å². The van der Waals surface area contributed by atoms with E-state index >= 15 is 0 Å². The van der Waals surface area contributed by atoms with Gasteiger partial charge in [-0.2, -0.15) is 0 Å². The van der Waals surface area contributed by atoms with Gasteiger partial charge in [0.25, 0.3) is 0 Å². The molecule has 1 aromatic rings. The van der Waals surface area contributed by atoms with Crippen LogP contribution in [0.4, 0.5) is 0 Å². The first-order valence-electron chi connectivity index (χ1n) is 3.61. The van der Waals surface area contributed by atoms with Crippen molar-refractivity contribution in [1.29, 1.82) is 0 Å². The van der Waals surface area contributed by atoms with Gasteiger partial charge in [0.15, 0.2) is 0 Å². The van der Waals surface area contributed by atoms with Crippen LogP contribution in [0.3, 0.4) is 0 Å². The summed E-state index contributed by atoms with van der Waals surface area (Å²) in [5, 5.41) is 0. The first-order chi connectivity index (χ1) is 6.22. The van der Waals surface area contributed by atoms with Crippen molar-refractivity contribution >= 4 is 14.9 Å². The molecule has 70 valence electrons. The van der Waals surface area contributed by atoms with Crippen LogP contribution in [0.5, 0.6) is 5.75 Å². The van der Waals surface area contributed by atoms with E-state index in [2.05, 4.69) is 4.52 Å². The molecule has 1 rings (SSSR count).